The third-order valence-corrected chi connectivity index (χ3v) is 3.11. The van der Waals surface area contributed by atoms with Crippen LogP contribution in [0, 0.1) is 5.92 Å². The van der Waals surface area contributed by atoms with Gasteiger partial charge in [0.05, 0.1) is 6.10 Å². The zero-order chi connectivity index (χ0) is 10.7. The molecule has 80 valence electrons. The Labute approximate surface area is 89.9 Å². The lowest BCUT2D eigenvalue weighted by atomic mass is 9.82. The third kappa shape index (κ3) is 2.45. The van der Waals surface area contributed by atoms with Crippen molar-refractivity contribution in [2.24, 2.45) is 5.92 Å². The van der Waals surface area contributed by atoms with E-state index >= 15 is 0 Å². The molecule has 1 aliphatic carbocycles. The van der Waals surface area contributed by atoms with Gasteiger partial charge in [0.15, 0.2) is 0 Å². The van der Waals surface area contributed by atoms with Crippen molar-refractivity contribution in [3.8, 4) is 0 Å². The molecule has 1 aromatic carbocycles. The van der Waals surface area contributed by atoms with Gasteiger partial charge in [0.2, 0.25) is 0 Å². The van der Waals surface area contributed by atoms with E-state index in [-0.39, 0.29) is 5.92 Å². The number of carbonyl (C=O) groups is 1. The van der Waals surface area contributed by atoms with Crippen molar-refractivity contribution in [1.29, 1.82) is 0 Å². The number of Topliss-reactive ketones (excluding diaryl/α,β-unsaturated/α-hetero) is 1. The Kier molecular flexibility index (Phi) is 3.17. The highest BCUT2D eigenvalue weighted by molar-refractivity contribution is 5.79. The van der Waals surface area contributed by atoms with Gasteiger partial charge < -0.3 is 5.11 Å². The summed E-state index contributed by atoms with van der Waals surface area (Å²) in [6, 6.07) is 9.61. The normalized spacial score (nSPS) is 23.8. The van der Waals surface area contributed by atoms with E-state index in [0.717, 1.165) is 18.4 Å². The van der Waals surface area contributed by atoms with E-state index in [1.165, 1.54) is 0 Å². The summed E-state index contributed by atoms with van der Waals surface area (Å²) in [7, 11) is 0. The second-order valence-electron chi connectivity index (χ2n) is 4.25. The number of ketones is 1. The highest BCUT2D eigenvalue weighted by Crippen LogP contribution is 2.32. The second kappa shape index (κ2) is 4.58. The van der Waals surface area contributed by atoms with Crippen LogP contribution in [-0.4, -0.2) is 10.9 Å². The van der Waals surface area contributed by atoms with Gasteiger partial charge in [0.25, 0.3) is 0 Å². The molecule has 2 unspecified atom stereocenters. The first-order valence-corrected chi connectivity index (χ1v) is 5.52. The molecule has 0 amide bonds. The third-order valence-electron chi connectivity index (χ3n) is 3.11. The molecule has 1 N–H and O–H groups in total. The van der Waals surface area contributed by atoms with Crippen LogP contribution >= 0.6 is 0 Å². The van der Waals surface area contributed by atoms with E-state index in [1.807, 2.05) is 30.3 Å². The van der Waals surface area contributed by atoms with Crippen molar-refractivity contribution < 1.29 is 9.90 Å². The molecule has 0 aromatic heterocycles. The minimum absolute atomic E-state index is 0.119. The van der Waals surface area contributed by atoms with Crippen molar-refractivity contribution in [1.82, 2.24) is 0 Å². The van der Waals surface area contributed by atoms with Crippen LogP contribution in [0.5, 0.6) is 0 Å². The molecule has 2 atom stereocenters. The maximum absolute atomic E-state index is 11.3. The van der Waals surface area contributed by atoms with Gasteiger partial charge in [-0.25, -0.2) is 0 Å². The van der Waals surface area contributed by atoms with Crippen LogP contribution < -0.4 is 0 Å². The van der Waals surface area contributed by atoms with Crippen LogP contribution in [0.4, 0.5) is 0 Å². The number of carbonyl (C=O) groups excluding carboxylic acids is 1. The molecule has 0 bridgehead atoms. The molecule has 0 aliphatic heterocycles. The van der Waals surface area contributed by atoms with Gasteiger partial charge in [-0.15, -0.1) is 0 Å². The number of rotatable bonds is 2. The molecule has 1 saturated carbocycles. The Morgan fingerprint density at radius 2 is 2.00 bits per heavy atom. The van der Waals surface area contributed by atoms with Crippen LogP contribution in [0.25, 0.3) is 0 Å². The molecule has 2 heteroatoms. The Balaban J connectivity index is 2.07. The molecule has 15 heavy (non-hydrogen) atoms. The number of hydrogen-bond acceptors (Lipinski definition) is 2. The molecule has 2 rings (SSSR count). The molecule has 0 spiro atoms. The van der Waals surface area contributed by atoms with Crippen molar-refractivity contribution >= 4 is 5.78 Å². The fourth-order valence-corrected chi connectivity index (χ4v) is 2.25. The van der Waals surface area contributed by atoms with Crippen LogP contribution in [-0.2, 0) is 4.79 Å². The largest absolute Gasteiger partial charge is 0.388 e. The summed E-state index contributed by atoms with van der Waals surface area (Å²) < 4.78 is 0. The fourth-order valence-electron chi connectivity index (χ4n) is 2.25. The summed E-state index contributed by atoms with van der Waals surface area (Å²) in [6.07, 6.45) is 2.64. The van der Waals surface area contributed by atoms with Crippen LogP contribution in [0.15, 0.2) is 30.3 Å². The molecule has 1 fully saturated rings. The lowest BCUT2D eigenvalue weighted by molar-refractivity contribution is -0.123. The quantitative estimate of drug-likeness (QED) is 0.803. The smallest absolute Gasteiger partial charge is 0.133 e. The Morgan fingerprint density at radius 1 is 1.27 bits per heavy atom. The van der Waals surface area contributed by atoms with E-state index in [9.17, 15) is 9.90 Å². The van der Waals surface area contributed by atoms with E-state index in [0.29, 0.717) is 18.6 Å². The average molecular weight is 204 g/mol. The summed E-state index contributed by atoms with van der Waals surface area (Å²) in [5.41, 5.74) is 0.928. The number of hydrogen-bond donors (Lipinski definition) is 1. The van der Waals surface area contributed by atoms with Gasteiger partial charge in [-0.05, 0) is 24.3 Å². The zero-order valence-electron chi connectivity index (χ0n) is 8.73. The fraction of sp³-hybridized carbons (Fsp3) is 0.462. The lowest BCUT2D eigenvalue weighted by Gasteiger charge is -2.26. The summed E-state index contributed by atoms with van der Waals surface area (Å²) in [5.74, 6) is 0.412. The molecule has 0 heterocycles. The minimum Gasteiger partial charge on any atom is -0.388 e. The first-order valence-electron chi connectivity index (χ1n) is 5.52. The standard InChI is InChI=1S/C13H16O2/c14-12-8-4-7-11(9-12)13(15)10-5-2-1-3-6-10/h1-3,5-6,11,13,15H,4,7-9H2. The van der Waals surface area contributed by atoms with Gasteiger partial charge in [-0.2, -0.15) is 0 Å². The lowest BCUT2D eigenvalue weighted by Crippen LogP contribution is -2.21. The van der Waals surface area contributed by atoms with Gasteiger partial charge >= 0.3 is 0 Å². The molecule has 2 nitrogen and oxygen atoms in total. The Morgan fingerprint density at radius 3 is 2.67 bits per heavy atom. The molecule has 0 radical (unpaired) electrons. The number of aliphatic hydroxyl groups excluding tert-OH is 1. The monoisotopic (exact) mass is 204 g/mol. The van der Waals surface area contributed by atoms with Crippen molar-refractivity contribution in [2.75, 3.05) is 0 Å². The van der Waals surface area contributed by atoms with E-state index in [4.69, 9.17) is 0 Å². The van der Waals surface area contributed by atoms with E-state index in [1.54, 1.807) is 0 Å². The Bertz CT molecular complexity index is 332. The predicted octanol–water partition coefficient (Wildman–Crippen LogP) is 2.48. The molecule has 0 saturated heterocycles. The van der Waals surface area contributed by atoms with Crippen molar-refractivity contribution in [3.63, 3.8) is 0 Å². The SMILES string of the molecule is O=C1CCCC(C(O)c2ccccc2)C1. The van der Waals surface area contributed by atoms with E-state index < -0.39 is 6.10 Å². The first-order chi connectivity index (χ1) is 7.27. The molecular weight excluding hydrogens is 188 g/mol. The number of aliphatic hydroxyl groups is 1. The summed E-state index contributed by atoms with van der Waals surface area (Å²) in [5, 5.41) is 10.1. The molecule has 1 aromatic rings. The minimum atomic E-state index is -0.476. The van der Waals surface area contributed by atoms with Gasteiger partial charge in [0.1, 0.15) is 5.78 Å². The predicted molar refractivity (Wildman–Crippen MR) is 58.4 cm³/mol. The summed E-state index contributed by atoms with van der Waals surface area (Å²) in [6.45, 7) is 0. The van der Waals surface area contributed by atoms with Gasteiger partial charge in [0, 0.05) is 12.8 Å². The highest BCUT2D eigenvalue weighted by atomic mass is 16.3. The van der Waals surface area contributed by atoms with Crippen molar-refractivity contribution in [3.05, 3.63) is 35.9 Å². The van der Waals surface area contributed by atoms with Crippen LogP contribution in [0.1, 0.15) is 37.4 Å². The molecular formula is C13H16O2. The van der Waals surface area contributed by atoms with Gasteiger partial charge in [-0.1, -0.05) is 30.3 Å². The Hall–Kier alpha value is -1.15. The maximum atomic E-state index is 11.3. The molecule has 1 aliphatic rings. The number of benzene rings is 1. The zero-order valence-corrected chi connectivity index (χ0v) is 8.73. The maximum Gasteiger partial charge on any atom is 0.133 e. The van der Waals surface area contributed by atoms with Crippen molar-refractivity contribution in [2.45, 2.75) is 31.8 Å². The van der Waals surface area contributed by atoms with E-state index in [2.05, 4.69) is 0 Å². The van der Waals surface area contributed by atoms with Crippen LogP contribution in [0.3, 0.4) is 0 Å². The highest BCUT2D eigenvalue weighted by Gasteiger charge is 2.26. The average Bonchev–Trinajstić information content (AvgIpc) is 2.29. The summed E-state index contributed by atoms with van der Waals surface area (Å²) in [4.78, 5) is 11.3. The topological polar surface area (TPSA) is 37.3 Å². The van der Waals surface area contributed by atoms with Crippen LogP contribution in [0.2, 0.25) is 0 Å². The first kappa shape index (κ1) is 10.4. The second-order valence-corrected chi connectivity index (χ2v) is 4.25. The van der Waals surface area contributed by atoms with Gasteiger partial charge in [-0.3, -0.25) is 4.79 Å². The summed E-state index contributed by atoms with van der Waals surface area (Å²) >= 11 is 0.